The maximum absolute atomic E-state index is 6.62. The number of nitrogens with one attached hydrogen (secondary N) is 7. The largest absolute Gasteiger partial charge is 0.474 e. The van der Waals surface area contributed by atoms with Crippen LogP contribution >= 0.6 is 56.9 Å². The molecule has 8 aliphatic carbocycles. The molecule has 24 rings (SSSR count). The number of anilines is 11. The maximum atomic E-state index is 6.62. The second kappa shape index (κ2) is 39.1. The summed E-state index contributed by atoms with van der Waals surface area (Å²) >= 11 is 8.75. The van der Waals surface area contributed by atoms with Crippen LogP contribution < -0.4 is 42.0 Å². The Morgan fingerprint density at radius 3 is 1.10 bits per heavy atom. The smallest absolute Gasteiger partial charge is 0.232 e. The lowest BCUT2D eigenvalue weighted by molar-refractivity contribution is -0.00125. The number of hydrogen-bond acceptors (Lipinski definition) is 33. The van der Waals surface area contributed by atoms with E-state index in [0.29, 0.717) is 60.0 Å². The second-order valence-corrected chi connectivity index (χ2v) is 41.4. The fourth-order valence-electron chi connectivity index (χ4n) is 21.7. The number of likely N-dealkylation sites (tertiary alicyclic amines) is 1. The molecule has 4 aliphatic heterocycles. The zero-order valence-corrected chi connectivity index (χ0v) is 76.8. The molecule has 12 aliphatic rings. The van der Waals surface area contributed by atoms with Crippen LogP contribution in [-0.4, -0.2) is 229 Å². The van der Waals surface area contributed by atoms with E-state index in [-0.39, 0.29) is 6.10 Å². The van der Waals surface area contributed by atoms with E-state index in [1.54, 1.807) is 39.4 Å². The van der Waals surface area contributed by atoms with Gasteiger partial charge < -0.3 is 65.6 Å². The average molecular weight is 1800 g/mol. The van der Waals surface area contributed by atoms with Gasteiger partial charge in [0.15, 0.2) is 0 Å². The molecule has 668 valence electrons. The highest BCUT2D eigenvalue weighted by molar-refractivity contribution is 7.20. The van der Waals surface area contributed by atoms with Gasteiger partial charge >= 0.3 is 0 Å². The Morgan fingerprint density at radius 2 is 0.722 bits per heavy atom. The SMILES string of the molecule is Cn1cc(Nc2nc(NC3CCC(N4CCOCC4)CC3)c3c4c(sc3n2)CCC4)cn1.Cn1cc(Nc2nc(OC3CCC(N4CCOCC4)CC3)c3c4c(sc3n2)CCC4)cn1.c1nocc1Nc1nc(NC2CCC(N3CCCCC3)CC2)c2c3c(sc2n1)CCC3.c1nscc1Nc1nc(NC2CCC(N3CCOCC3)CC2)c2c3c(sc2n1)CCC3. The molecule has 0 atom stereocenters. The monoisotopic (exact) mass is 1800 g/mol. The van der Waals surface area contributed by atoms with Gasteiger partial charge in [-0.1, -0.05) is 11.6 Å². The van der Waals surface area contributed by atoms with Gasteiger partial charge in [0, 0.05) is 133 Å². The van der Waals surface area contributed by atoms with Crippen LogP contribution in [0.4, 0.5) is 64.0 Å². The van der Waals surface area contributed by atoms with E-state index >= 15 is 0 Å². The Labute approximate surface area is 755 Å². The molecule has 4 saturated carbocycles. The Hall–Kier alpha value is -8.46. The first-order valence-electron chi connectivity index (χ1n) is 46.9. The highest BCUT2D eigenvalue weighted by atomic mass is 32.1. The van der Waals surface area contributed by atoms with Gasteiger partial charge in [0.25, 0.3) is 0 Å². The van der Waals surface area contributed by atoms with Crippen LogP contribution in [0.2, 0.25) is 0 Å². The summed E-state index contributed by atoms with van der Waals surface area (Å²) < 4.78 is 35.9. The number of rotatable bonds is 20. The predicted octanol–water partition coefficient (Wildman–Crippen LogP) is 16.9. The van der Waals surface area contributed by atoms with Crippen LogP contribution in [0.15, 0.2) is 53.3 Å². The minimum atomic E-state index is 0.216. The number of morpholine rings is 3. The third-order valence-corrected chi connectivity index (χ3v) is 33.5. The number of aromatic nitrogens is 14. The van der Waals surface area contributed by atoms with Crippen LogP contribution in [0.25, 0.3) is 40.9 Å². The van der Waals surface area contributed by atoms with Crippen molar-refractivity contribution in [3.63, 3.8) is 0 Å². The Bertz CT molecular complexity index is 5290. The van der Waals surface area contributed by atoms with Gasteiger partial charge in [0.1, 0.15) is 54.8 Å². The van der Waals surface area contributed by atoms with E-state index in [2.05, 4.69) is 76.5 Å². The summed E-state index contributed by atoms with van der Waals surface area (Å²) in [4.78, 5) is 59.9. The van der Waals surface area contributed by atoms with E-state index in [1.807, 2.05) is 78.3 Å². The number of ether oxygens (including phenoxy) is 4. The van der Waals surface area contributed by atoms with Crippen molar-refractivity contribution in [3.05, 3.63) is 90.6 Å². The quantitative estimate of drug-likeness (QED) is 0.0373. The molecule has 4 saturated heterocycles. The molecule has 0 radical (unpaired) electrons. The average Bonchev–Trinajstić information content (AvgIpc) is 1.62. The molecule has 12 aromatic rings. The summed E-state index contributed by atoms with van der Waals surface area (Å²) in [6.07, 6.45) is 50.4. The highest BCUT2D eigenvalue weighted by Gasteiger charge is 2.36. The first-order valence-corrected chi connectivity index (χ1v) is 51.0. The van der Waals surface area contributed by atoms with Crippen LogP contribution in [0.5, 0.6) is 5.88 Å². The molecule has 8 fully saturated rings. The molecule has 0 bridgehead atoms. The lowest BCUT2D eigenvalue weighted by atomic mass is 9.89. The summed E-state index contributed by atoms with van der Waals surface area (Å²) in [6, 6.07) is 4.28. The number of thiophene rings is 4. The van der Waals surface area contributed by atoms with E-state index in [0.717, 1.165) is 201 Å². The molecule has 0 aromatic carbocycles. The van der Waals surface area contributed by atoms with Crippen molar-refractivity contribution in [1.82, 2.24) is 88.6 Å². The van der Waals surface area contributed by atoms with Gasteiger partial charge in [0.05, 0.1) is 103 Å². The minimum Gasteiger partial charge on any atom is -0.474 e. The highest BCUT2D eigenvalue weighted by Crippen LogP contribution is 2.47. The molecule has 30 nitrogen and oxygen atoms in total. The van der Waals surface area contributed by atoms with Gasteiger partial charge in [-0.05, 0) is 240 Å². The first kappa shape index (κ1) is 84.4. The van der Waals surface area contributed by atoms with E-state index in [9.17, 15) is 0 Å². The Kier molecular flexibility index (Phi) is 26.2. The fourth-order valence-corrected chi connectivity index (χ4v) is 27.2. The van der Waals surface area contributed by atoms with E-state index < -0.39 is 0 Å². The van der Waals surface area contributed by atoms with Crippen LogP contribution in [-0.2, 0) is 79.7 Å². The summed E-state index contributed by atoms with van der Waals surface area (Å²) in [5, 5.41) is 44.0. The maximum Gasteiger partial charge on any atom is 0.232 e. The van der Waals surface area contributed by atoms with Gasteiger partial charge in [0.2, 0.25) is 29.7 Å². The van der Waals surface area contributed by atoms with Crippen LogP contribution in [0.1, 0.15) is 189 Å². The van der Waals surface area contributed by atoms with Gasteiger partial charge in [-0.25, -0.2) is 19.9 Å². The van der Waals surface area contributed by atoms with Gasteiger partial charge in [-0.3, -0.25) is 24.1 Å². The lowest BCUT2D eigenvalue weighted by Crippen LogP contribution is -2.46. The van der Waals surface area contributed by atoms with Crippen LogP contribution in [0.3, 0.4) is 0 Å². The number of aryl methyl sites for hydroxylation is 10. The molecule has 0 unspecified atom stereocenters. The molecular weight excluding hydrogens is 1680 g/mol. The summed E-state index contributed by atoms with van der Waals surface area (Å²) in [5.74, 6) is 6.30. The van der Waals surface area contributed by atoms with Crippen LogP contribution in [0, 0.1) is 0 Å². The Morgan fingerprint density at radius 1 is 0.357 bits per heavy atom. The zero-order valence-electron chi connectivity index (χ0n) is 72.7. The van der Waals surface area contributed by atoms with Gasteiger partial charge in [-0.15, -0.1) is 45.3 Å². The summed E-state index contributed by atoms with van der Waals surface area (Å²) in [5.41, 5.74) is 9.36. The minimum absolute atomic E-state index is 0.216. The molecule has 7 N–H and O–H groups in total. The van der Waals surface area contributed by atoms with E-state index in [4.69, 9.17) is 63.3 Å². The summed E-state index contributed by atoms with van der Waals surface area (Å²) in [7, 11) is 3.82. The lowest BCUT2D eigenvalue weighted by Gasteiger charge is -2.39. The van der Waals surface area contributed by atoms with Crippen molar-refractivity contribution >= 4 is 162 Å². The fraction of sp³-hybridized carbons (Fsp3) is 0.604. The van der Waals surface area contributed by atoms with Crippen molar-refractivity contribution in [1.29, 1.82) is 0 Å². The van der Waals surface area contributed by atoms with E-state index in [1.165, 1.54) is 237 Å². The van der Waals surface area contributed by atoms with Gasteiger partial charge in [-0.2, -0.15) is 34.5 Å². The number of hydrogen-bond donors (Lipinski definition) is 7. The van der Waals surface area contributed by atoms with Crippen molar-refractivity contribution in [3.8, 4) is 5.88 Å². The zero-order chi connectivity index (χ0) is 84.2. The third kappa shape index (κ3) is 19.4. The first-order chi connectivity index (χ1) is 62.1. The topological polar surface area (TPSA) is 312 Å². The molecule has 16 heterocycles. The predicted molar refractivity (Wildman–Crippen MR) is 504 cm³/mol. The molecule has 126 heavy (non-hydrogen) atoms. The van der Waals surface area contributed by atoms with Crippen molar-refractivity contribution in [2.45, 2.75) is 247 Å². The second-order valence-electron chi connectivity index (χ2n) is 36.4. The Balaban J connectivity index is 0.000000103. The molecule has 35 heteroatoms. The molecule has 0 amide bonds. The molecule has 12 aromatic heterocycles. The standard InChI is InChI=1S/C23H31N7OS.C23H30N6O2S.C23H30N6OS.C22H28N6OS2/c1-29-14-16(13-24-29)26-23-27-21(20-18-3-2-4-19(18)32-22(20)28-23)25-15-5-7-17(8-6-15)30-9-11-31-12-10-30;1-28-14-15(13-24-28)25-23-26-21(20-18-3-2-4-19(18)32-22(20)27-23)31-17-7-5-16(6-8-17)29-9-11-30-12-10-29;1-2-11-29(12-3-1)17-9-7-15(8-10-17)25-21-20-18-5-4-6-19(18)31-22(20)28-23(27-21)26-16-13-24-30-14-16;1-2-17-18(3-1)31-21-19(17)20(26-22(27-21)25-15-12-23-30-13-15)24-14-4-6-16(7-5-14)28-8-10-29-11-9-28/h13-15,17H,2-12H2,1H3,(H2,25,26,27,28);13-14,16-17H,2-12H2,1H3,(H,25,26,27);13-15,17H,1-12H2,(H2,25,26,27,28);12-14,16H,1-11H2,(H2,24,25,26,27). The van der Waals surface area contributed by atoms with Crippen molar-refractivity contribution in [2.75, 3.05) is 129 Å². The molecular formula is C91H119N25O5S5. The number of fused-ring (bicyclic) bond motifs is 12. The third-order valence-electron chi connectivity index (χ3n) is 28.2. The summed E-state index contributed by atoms with van der Waals surface area (Å²) in [6.45, 7) is 14.3. The normalized spacial score (nSPS) is 24.2. The number of piperidine rings is 1. The van der Waals surface area contributed by atoms with Crippen molar-refractivity contribution in [2.24, 2.45) is 14.1 Å². The van der Waals surface area contributed by atoms with Crippen molar-refractivity contribution < 1.29 is 23.5 Å². The molecule has 0 spiro atoms. The number of nitrogens with zero attached hydrogens (tertiary/aromatic N) is 18.